The number of anilines is 1. The lowest BCUT2D eigenvalue weighted by molar-refractivity contribution is -0.128. The minimum Gasteiger partial charge on any atom is -0.356 e. The zero-order valence-electron chi connectivity index (χ0n) is 11.5. The summed E-state index contributed by atoms with van der Waals surface area (Å²) in [5, 5.41) is 0.486. The maximum atomic E-state index is 11.7. The van der Waals surface area contributed by atoms with Crippen LogP contribution in [0.5, 0.6) is 0 Å². The molecule has 0 saturated carbocycles. The van der Waals surface area contributed by atoms with Gasteiger partial charge in [-0.1, -0.05) is 11.6 Å². The van der Waals surface area contributed by atoms with Crippen LogP contribution in [0.2, 0.25) is 5.15 Å². The molecule has 2 saturated heterocycles. The van der Waals surface area contributed by atoms with E-state index in [-0.39, 0.29) is 0 Å². The molecule has 2 fully saturated rings. The van der Waals surface area contributed by atoms with E-state index in [1.54, 1.807) is 0 Å². The van der Waals surface area contributed by atoms with Gasteiger partial charge in [0.05, 0.1) is 0 Å². The molecule has 108 valence electrons. The standard InChI is InChI=1S/C14H19ClN4O/c15-12-8-13(17-10-16-12)18-6-3-11(4-7-18)9-19-5-1-2-14(19)20/h8,10-11H,1-7,9H2. The molecule has 0 unspecified atom stereocenters. The van der Waals surface area contributed by atoms with Gasteiger partial charge in [0.25, 0.3) is 0 Å². The fourth-order valence-corrected chi connectivity index (χ4v) is 3.19. The summed E-state index contributed by atoms with van der Waals surface area (Å²) in [6.45, 7) is 3.82. The van der Waals surface area contributed by atoms with Crippen LogP contribution >= 0.6 is 11.6 Å². The average Bonchev–Trinajstić information content (AvgIpc) is 2.85. The highest BCUT2D eigenvalue weighted by Gasteiger charge is 2.26. The molecule has 0 radical (unpaired) electrons. The SMILES string of the molecule is O=C1CCCN1CC1CCN(c2cc(Cl)ncn2)CC1. The van der Waals surface area contributed by atoms with E-state index in [0.29, 0.717) is 17.0 Å². The molecule has 1 aromatic rings. The van der Waals surface area contributed by atoms with Crippen molar-refractivity contribution in [3.8, 4) is 0 Å². The van der Waals surface area contributed by atoms with Crippen LogP contribution in [0.1, 0.15) is 25.7 Å². The molecule has 0 atom stereocenters. The fourth-order valence-electron chi connectivity index (χ4n) is 3.05. The first kappa shape index (κ1) is 13.6. The summed E-state index contributed by atoms with van der Waals surface area (Å²) >= 11 is 5.90. The summed E-state index contributed by atoms with van der Waals surface area (Å²) in [4.78, 5) is 24.1. The van der Waals surface area contributed by atoms with Gasteiger partial charge in [-0.15, -0.1) is 0 Å². The highest BCUT2D eigenvalue weighted by atomic mass is 35.5. The first-order valence-corrected chi connectivity index (χ1v) is 7.60. The van der Waals surface area contributed by atoms with Crippen molar-refractivity contribution in [2.24, 2.45) is 5.92 Å². The second-order valence-electron chi connectivity index (χ2n) is 5.57. The largest absolute Gasteiger partial charge is 0.356 e. The monoisotopic (exact) mass is 294 g/mol. The number of carbonyl (C=O) groups excluding carboxylic acids is 1. The van der Waals surface area contributed by atoms with Gasteiger partial charge in [-0.2, -0.15) is 0 Å². The molecule has 2 aliphatic heterocycles. The summed E-state index contributed by atoms with van der Waals surface area (Å²) in [6.07, 6.45) is 5.47. The fraction of sp³-hybridized carbons (Fsp3) is 0.643. The van der Waals surface area contributed by atoms with Crippen molar-refractivity contribution in [2.75, 3.05) is 31.1 Å². The van der Waals surface area contributed by atoms with Crippen molar-refractivity contribution in [3.63, 3.8) is 0 Å². The molecule has 20 heavy (non-hydrogen) atoms. The minimum atomic E-state index is 0.329. The molecule has 5 nitrogen and oxygen atoms in total. The van der Waals surface area contributed by atoms with Crippen LogP contribution in [0, 0.1) is 5.92 Å². The molecule has 1 aromatic heterocycles. The summed E-state index contributed by atoms with van der Waals surface area (Å²) in [6, 6.07) is 1.81. The Balaban J connectivity index is 1.53. The van der Waals surface area contributed by atoms with Gasteiger partial charge >= 0.3 is 0 Å². The maximum absolute atomic E-state index is 11.7. The summed E-state index contributed by atoms with van der Waals surface area (Å²) in [5.74, 6) is 1.85. The number of rotatable bonds is 3. The number of likely N-dealkylation sites (tertiary alicyclic amines) is 1. The van der Waals surface area contributed by atoms with Crippen molar-refractivity contribution in [3.05, 3.63) is 17.5 Å². The van der Waals surface area contributed by atoms with Crippen molar-refractivity contribution in [2.45, 2.75) is 25.7 Å². The third-order valence-electron chi connectivity index (χ3n) is 4.21. The second kappa shape index (κ2) is 5.95. The molecule has 0 spiro atoms. The Hall–Kier alpha value is -1.36. The van der Waals surface area contributed by atoms with E-state index in [2.05, 4.69) is 14.9 Å². The predicted molar refractivity (Wildman–Crippen MR) is 77.8 cm³/mol. The Kier molecular flexibility index (Phi) is 4.05. The summed E-state index contributed by atoms with van der Waals surface area (Å²) in [5.41, 5.74) is 0. The van der Waals surface area contributed by atoms with Gasteiger partial charge < -0.3 is 9.80 Å². The lowest BCUT2D eigenvalue weighted by Gasteiger charge is -2.34. The number of nitrogens with zero attached hydrogens (tertiary/aromatic N) is 4. The number of hydrogen-bond acceptors (Lipinski definition) is 4. The Labute approximate surface area is 123 Å². The Morgan fingerprint density at radius 3 is 2.70 bits per heavy atom. The third-order valence-corrected chi connectivity index (χ3v) is 4.41. The van der Waals surface area contributed by atoms with Gasteiger partial charge in [0.1, 0.15) is 17.3 Å². The van der Waals surface area contributed by atoms with E-state index >= 15 is 0 Å². The van der Waals surface area contributed by atoms with E-state index in [1.807, 2.05) is 11.0 Å². The van der Waals surface area contributed by atoms with Crippen LogP contribution in [-0.2, 0) is 4.79 Å². The van der Waals surface area contributed by atoms with E-state index in [4.69, 9.17) is 11.6 Å². The highest BCUT2D eigenvalue weighted by molar-refractivity contribution is 6.29. The molecule has 3 rings (SSSR count). The van der Waals surface area contributed by atoms with Crippen LogP contribution in [0.15, 0.2) is 12.4 Å². The van der Waals surface area contributed by atoms with Crippen LogP contribution in [0.4, 0.5) is 5.82 Å². The van der Waals surface area contributed by atoms with Gasteiger partial charge in [0, 0.05) is 38.7 Å². The van der Waals surface area contributed by atoms with Gasteiger partial charge in [-0.05, 0) is 25.2 Å². The maximum Gasteiger partial charge on any atom is 0.222 e. The van der Waals surface area contributed by atoms with Crippen LogP contribution in [-0.4, -0.2) is 47.0 Å². The molecule has 0 bridgehead atoms. The Bertz CT molecular complexity index is 488. The quantitative estimate of drug-likeness (QED) is 0.800. The molecular formula is C14H19ClN4O. The van der Waals surface area contributed by atoms with E-state index in [9.17, 15) is 4.79 Å². The summed E-state index contributed by atoms with van der Waals surface area (Å²) in [7, 11) is 0. The van der Waals surface area contributed by atoms with Gasteiger partial charge in [-0.3, -0.25) is 4.79 Å². The van der Waals surface area contributed by atoms with Crippen molar-refractivity contribution < 1.29 is 4.79 Å². The number of amides is 1. The van der Waals surface area contributed by atoms with E-state index in [1.165, 1.54) is 6.33 Å². The number of aromatic nitrogens is 2. The minimum absolute atomic E-state index is 0.329. The molecule has 0 N–H and O–H groups in total. The lowest BCUT2D eigenvalue weighted by atomic mass is 9.96. The van der Waals surface area contributed by atoms with Crippen molar-refractivity contribution in [1.29, 1.82) is 0 Å². The number of halogens is 1. The smallest absolute Gasteiger partial charge is 0.222 e. The molecule has 0 aliphatic carbocycles. The third kappa shape index (κ3) is 3.03. The summed E-state index contributed by atoms with van der Waals surface area (Å²) < 4.78 is 0. The predicted octanol–water partition coefficient (Wildman–Crippen LogP) is 1.97. The molecule has 3 heterocycles. The van der Waals surface area contributed by atoms with E-state index < -0.39 is 0 Å². The van der Waals surface area contributed by atoms with Gasteiger partial charge in [-0.25, -0.2) is 9.97 Å². The normalized spacial score (nSPS) is 20.8. The first-order valence-electron chi connectivity index (χ1n) is 7.22. The number of hydrogen-bond donors (Lipinski definition) is 0. The molecule has 1 amide bonds. The zero-order valence-corrected chi connectivity index (χ0v) is 12.2. The zero-order chi connectivity index (χ0) is 13.9. The van der Waals surface area contributed by atoms with Crippen molar-refractivity contribution >= 4 is 23.3 Å². The van der Waals surface area contributed by atoms with Crippen LogP contribution in [0.25, 0.3) is 0 Å². The number of piperidine rings is 1. The molecule has 0 aromatic carbocycles. The van der Waals surface area contributed by atoms with Gasteiger partial charge in [0.15, 0.2) is 0 Å². The topological polar surface area (TPSA) is 49.3 Å². The van der Waals surface area contributed by atoms with Crippen LogP contribution in [0.3, 0.4) is 0 Å². The van der Waals surface area contributed by atoms with Crippen molar-refractivity contribution in [1.82, 2.24) is 14.9 Å². The molecule has 2 aliphatic rings. The highest BCUT2D eigenvalue weighted by Crippen LogP contribution is 2.24. The van der Waals surface area contributed by atoms with Gasteiger partial charge in [0.2, 0.25) is 5.91 Å². The molecular weight excluding hydrogens is 276 g/mol. The average molecular weight is 295 g/mol. The first-order chi connectivity index (χ1) is 9.72. The Morgan fingerprint density at radius 2 is 2.05 bits per heavy atom. The number of carbonyl (C=O) groups is 1. The Morgan fingerprint density at radius 1 is 1.25 bits per heavy atom. The van der Waals surface area contributed by atoms with Crippen LogP contribution < -0.4 is 4.90 Å². The molecule has 6 heteroatoms. The lowest BCUT2D eigenvalue weighted by Crippen LogP contribution is -2.39. The second-order valence-corrected chi connectivity index (χ2v) is 5.96. The van der Waals surface area contributed by atoms with E-state index in [0.717, 1.165) is 57.7 Å².